The van der Waals surface area contributed by atoms with Crippen LogP contribution in [0.25, 0.3) is 22.4 Å². The fourth-order valence-electron chi connectivity index (χ4n) is 2.18. The number of fused-ring (bicyclic) bond motifs is 1. The number of rotatable bonds is 3. The summed E-state index contributed by atoms with van der Waals surface area (Å²) in [6.45, 7) is 6.36. The number of nitrogens with zero attached hydrogens (tertiary/aromatic N) is 2. The van der Waals surface area contributed by atoms with Gasteiger partial charge in [-0.2, -0.15) is 0 Å². The Balaban J connectivity index is 2.19. The molecule has 0 saturated heterocycles. The minimum absolute atomic E-state index is 0.463. The van der Waals surface area contributed by atoms with Crippen molar-refractivity contribution < 1.29 is 0 Å². The van der Waals surface area contributed by atoms with Gasteiger partial charge in [-0.25, -0.2) is 9.97 Å². The van der Waals surface area contributed by atoms with Crippen LogP contribution in [0.1, 0.15) is 19.5 Å². The van der Waals surface area contributed by atoms with Crippen molar-refractivity contribution in [1.29, 1.82) is 0 Å². The summed E-state index contributed by atoms with van der Waals surface area (Å²) in [5.74, 6) is 0.704. The molecule has 21 heavy (non-hydrogen) atoms. The van der Waals surface area contributed by atoms with Gasteiger partial charge in [-0.05, 0) is 25.1 Å². The van der Waals surface area contributed by atoms with Crippen molar-refractivity contribution in [3.05, 3.63) is 41.0 Å². The summed E-state index contributed by atoms with van der Waals surface area (Å²) in [5.41, 5.74) is 2.90. The van der Waals surface area contributed by atoms with E-state index in [0.29, 0.717) is 16.1 Å². The van der Waals surface area contributed by atoms with Crippen molar-refractivity contribution in [3.63, 3.8) is 0 Å². The molecule has 1 N–H and O–H groups in total. The molecule has 1 aromatic carbocycles. The Hall–Kier alpha value is -1.52. The van der Waals surface area contributed by atoms with Crippen molar-refractivity contribution in [2.24, 2.45) is 0 Å². The maximum absolute atomic E-state index is 6.07. The van der Waals surface area contributed by atoms with Crippen LogP contribution in [0.4, 0.5) is 0 Å². The van der Waals surface area contributed by atoms with Gasteiger partial charge in [-0.15, -0.1) is 11.8 Å². The average molecular weight is 318 g/mol. The number of hydrogen-bond donors (Lipinski definition) is 1. The summed E-state index contributed by atoms with van der Waals surface area (Å²) < 4.78 is 0. The number of hydrogen-bond acceptors (Lipinski definition) is 3. The fourth-order valence-corrected chi connectivity index (χ4v) is 3.24. The zero-order valence-electron chi connectivity index (χ0n) is 12.1. The zero-order valence-corrected chi connectivity index (χ0v) is 13.7. The van der Waals surface area contributed by atoms with E-state index in [1.807, 2.05) is 31.2 Å². The summed E-state index contributed by atoms with van der Waals surface area (Å²) in [7, 11) is 0. The second-order valence-electron chi connectivity index (χ2n) is 5.24. The first-order valence-electron chi connectivity index (χ1n) is 6.83. The highest BCUT2D eigenvalue weighted by molar-refractivity contribution is 8.00. The van der Waals surface area contributed by atoms with E-state index in [9.17, 15) is 0 Å². The molecule has 2 aromatic heterocycles. The maximum atomic E-state index is 6.07. The highest BCUT2D eigenvalue weighted by Crippen LogP contribution is 2.31. The van der Waals surface area contributed by atoms with Crippen LogP contribution in [0, 0.1) is 6.92 Å². The van der Waals surface area contributed by atoms with Crippen molar-refractivity contribution >= 4 is 34.4 Å². The first kappa shape index (κ1) is 14.4. The summed E-state index contributed by atoms with van der Waals surface area (Å²) in [5, 5.41) is 3.24. The lowest BCUT2D eigenvalue weighted by molar-refractivity contribution is 1.07. The van der Waals surface area contributed by atoms with Gasteiger partial charge in [-0.3, -0.25) is 0 Å². The van der Waals surface area contributed by atoms with Gasteiger partial charge < -0.3 is 4.98 Å². The Morgan fingerprint density at radius 1 is 1.19 bits per heavy atom. The summed E-state index contributed by atoms with van der Waals surface area (Å²) >= 11 is 7.82. The third-order valence-corrected chi connectivity index (χ3v) is 4.26. The minimum atomic E-state index is 0.463. The maximum Gasteiger partial charge on any atom is 0.162 e. The first-order valence-corrected chi connectivity index (χ1v) is 8.08. The minimum Gasteiger partial charge on any atom is -0.343 e. The quantitative estimate of drug-likeness (QED) is 0.540. The van der Waals surface area contributed by atoms with Crippen LogP contribution in [0.3, 0.4) is 0 Å². The van der Waals surface area contributed by atoms with Gasteiger partial charge in [0.25, 0.3) is 0 Å². The van der Waals surface area contributed by atoms with Gasteiger partial charge in [0, 0.05) is 21.5 Å². The Morgan fingerprint density at radius 2 is 2.00 bits per heavy atom. The van der Waals surface area contributed by atoms with Crippen LogP contribution in [0.5, 0.6) is 0 Å². The second kappa shape index (κ2) is 5.70. The van der Waals surface area contributed by atoms with E-state index < -0.39 is 0 Å². The molecule has 0 aliphatic carbocycles. The lowest BCUT2D eigenvalue weighted by Gasteiger charge is -2.08. The van der Waals surface area contributed by atoms with Crippen LogP contribution in [-0.4, -0.2) is 20.2 Å². The van der Waals surface area contributed by atoms with Gasteiger partial charge in [0.15, 0.2) is 5.82 Å². The molecular formula is C16H16ClN3S. The van der Waals surface area contributed by atoms with Crippen molar-refractivity contribution in [2.75, 3.05) is 0 Å². The molecule has 3 nitrogen and oxygen atoms in total. The van der Waals surface area contributed by atoms with E-state index in [1.54, 1.807) is 11.8 Å². The molecule has 0 aliphatic heterocycles. The molecule has 5 heteroatoms. The van der Waals surface area contributed by atoms with Crippen LogP contribution in [0.15, 0.2) is 35.4 Å². The van der Waals surface area contributed by atoms with Gasteiger partial charge in [0.2, 0.25) is 0 Å². The Morgan fingerprint density at radius 3 is 2.71 bits per heavy atom. The molecular weight excluding hydrogens is 302 g/mol. The first-order chi connectivity index (χ1) is 10.0. The van der Waals surface area contributed by atoms with Gasteiger partial charge in [-0.1, -0.05) is 37.6 Å². The smallest absolute Gasteiger partial charge is 0.162 e. The molecule has 0 saturated carbocycles. The van der Waals surface area contributed by atoms with Crippen molar-refractivity contribution in [1.82, 2.24) is 15.0 Å². The van der Waals surface area contributed by atoms with Crippen LogP contribution in [-0.2, 0) is 0 Å². The number of nitrogens with one attached hydrogen (secondary N) is 1. The number of aromatic amines is 1. The molecule has 2 heterocycles. The standard InChI is InChI=1S/C16H16ClN3S/c1-9(2)21-16-13-7-10(3)18-15(13)19-14(20-16)11-5-4-6-12(17)8-11/h4-9H,1-3H3,(H,18,19,20). The number of aromatic nitrogens is 3. The van der Waals surface area contributed by atoms with Gasteiger partial charge in [0.05, 0.1) is 5.39 Å². The fraction of sp³-hybridized carbons (Fsp3) is 0.250. The van der Waals surface area contributed by atoms with Crippen LogP contribution in [0.2, 0.25) is 5.02 Å². The molecule has 0 fully saturated rings. The lowest BCUT2D eigenvalue weighted by atomic mass is 10.2. The lowest BCUT2D eigenvalue weighted by Crippen LogP contribution is -1.95. The van der Waals surface area contributed by atoms with Crippen LogP contribution < -0.4 is 0 Å². The Labute approximate surface area is 133 Å². The number of thioether (sulfide) groups is 1. The molecule has 3 rings (SSSR count). The highest BCUT2D eigenvalue weighted by atomic mass is 35.5. The zero-order chi connectivity index (χ0) is 15.0. The predicted molar refractivity (Wildman–Crippen MR) is 90.1 cm³/mol. The molecule has 0 aliphatic rings. The topological polar surface area (TPSA) is 41.6 Å². The molecule has 0 amide bonds. The summed E-state index contributed by atoms with van der Waals surface area (Å²) in [6, 6.07) is 9.74. The number of aryl methyl sites for hydroxylation is 1. The molecule has 108 valence electrons. The van der Waals surface area contributed by atoms with Gasteiger partial charge in [0.1, 0.15) is 10.7 Å². The summed E-state index contributed by atoms with van der Waals surface area (Å²) in [6.07, 6.45) is 0. The van der Waals surface area contributed by atoms with E-state index in [4.69, 9.17) is 16.6 Å². The largest absolute Gasteiger partial charge is 0.343 e. The number of halogens is 1. The highest BCUT2D eigenvalue weighted by Gasteiger charge is 2.13. The van der Waals surface area contributed by atoms with Crippen molar-refractivity contribution in [3.8, 4) is 11.4 Å². The number of benzene rings is 1. The van der Waals surface area contributed by atoms with Crippen molar-refractivity contribution in [2.45, 2.75) is 31.0 Å². The average Bonchev–Trinajstić information content (AvgIpc) is 2.78. The SMILES string of the molecule is Cc1cc2c(SC(C)C)nc(-c3cccc(Cl)c3)nc2[nH]1. The Bertz CT molecular complexity index is 795. The van der Waals surface area contributed by atoms with E-state index in [0.717, 1.165) is 27.3 Å². The third-order valence-electron chi connectivity index (χ3n) is 3.02. The molecule has 0 radical (unpaired) electrons. The van der Waals surface area contributed by atoms with Gasteiger partial charge >= 0.3 is 0 Å². The third kappa shape index (κ3) is 3.06. The second-order valence-corrected chi connectivity index (χ2v) is 7.25. The van der Waals surface area contributed by atoms with E-state index in [2.05, 4.69) is 29.9 Å². The predicted octanol–water partition coefficient (Wildman–Crippen LogP) is 5.09. The van der Waals surface area contributed by atoms with E-state index in [1.165, 1.54) is 0 Å². The summed E-state index contributed by atoms with van der Waals surface area (Å²) in [4.78, 5) is 12.7. The normalized spacial score (nSPS) is 11.5. The monoisotopic (exact) mass is 317 g/mol. The number of H-pyrrole nitrogens is 1. The molecule has 0 spiro atoms. The van der Waals surface area contributed by atoms with E-state index in [-0.39, 0.29) is 0 Å². The molecule has 3 aromatic rings. The molecule has 0 atom stereocenters. The molecule has 0 unspecified atom stereocenters. The molecule has 0 bridgehead atoms. The van der Waals surface area contributed by atoms with Crippen LogP contribution >= 0.6 is 23.4 Å². The Kier molecular flexibility index (Phi) is 3.91. The van der Waals surface area contributed by atoms with E-state index >= 15 is 0 Å².